The molecule has 0 amide bonds. The maximum atomic E-state index is 10.4. The summed E-state index contributed by atoms with van der Waals surface area (Å²) in [5, 5.41) is 10.4. The van der Waals surface area contributed by atoms with E-state index in [0.29, 0.717) is 12.6 Å². The number of hydrogen-bond donors (Lipinski definition) is 1. The van der Waals surface area contributed by atoms with E-state index in [1.807, 2.05) is 0 Å². The van der Waals surface area contributed by atoms with Gasteiger partial charge in [-0.05, 0) is 44.9 Å². The molecule has 0 heterocycles. The molecule has 0 aliphatic carbocycles. The summed E-state index contributed by atoms with van der Waals surface area (Å²) in [4.78, 5) is 2.27. The molecule has 1 atom stereocenters. The van der Waals surface area contributed by atoms with Crippen LogP contribution in [0.2, 0.25) is 0 Å². The maximum absolute atomic E-state index is 10.4. The minimum absolute atomic E-state index is 0.392. The van der Waals surface area contributed by atoms with Gasteiger partial charge in [0.05, 0.1) is 6.10 Å². The van der Waals surface area contributed by atoms with Crippen molar-refractivity contribution in [2.45, 2.75) is 52.7 Å². The first-order valence-corrected chi connectivity index (χ1v) is 6.95. The average Bonchev–Trinajstić information content (AvgIpc) is 2.30. The third-order valence-corrected chi connectivity index (χ3v) is 3.81. The summed E-state index contributed by atoms with van der Waals surface area (Å²) in [6.45, 7) is 9.26. The van der Waals surface area contributed by atoms with Gasteiger partial charge in [0.2, 0.25) is 0 Å². The van der Waals surface area contributed by atoms with Gasteiger partial charge in [0.15, 0.2) is 0 Å². The number of rotatable bonds is 6. The lowest BCUT2D eigenvalue weighted by atomic mass is 10.00. The van der Waals surface area contributed by atoms with E-state index in [2.05, 4.69) is 57.8 Å². The summed E-state index contributed by atoms with van der Waals surface area (Å²) in [6, 6.07) is 6.82. The molecule has 0 fully saturated rings. The van der Waals surface area contributed by atoms with E-state index in [4.69, 9.17) is 0 Å². The second kappa shape index (κ2) is 6.91. The van der Waals surface area contributed by atoms with E-state index in [9.17, 15) is 5.11 Å². The Morgan fingerprint density at radius 2 is 1.78 bits per heavy atom. The fourth-order valence-electron chi connectivity index (χ4n) is 2.63. The highest BCUT2D eigenvalue weighted by atomic mass is 16.3. The smallest absolute Gasteiger partial charge is 0.0919 e. The van der Waals surface area contributed by atoms with Crippen LogP contribution in [0.3, 0.4) is 0 Å². The van der Waals surface area contributed by atoms with Crippen LogP contribution in [-0.4, -0.2) is 29.6 Å². The van der Waals surface area contributed by atoms with Gasteiger partial charge in [-0.25, -0.2) is 0 Å². The number of nitrogens with zero attached hydrogens (tertiary/aromatic N) is 1. The summed E-state index contributed by atoms with van der Waals surface area (Å²) in [7, 11) is 2.10. The Morgan fingerprint density at radius 1 is 1.17 bits per heavy atom. The van der Waals surface area contributed by atoms with Crippen molar-refractivity contribution in [1.82, 2.24) is 4.90 Å². The van der Waals surface area contributed by atoms with Gasteiger partial charge in [-0.1, -0.05) is 37.6 Å². The predicted octanol–water partition coefficient (Wildman–Crippen LogP) is 3.46. The molecule has 0 saturated carbocycles. The number of aliphatic hydroxyl groups excluding tert-OH is 1. The first kappa shape index (κ1) is 15.2. The van der Waals surface area contributed by atoms with Crippen LogP contribution in [0.15, 0.2) is 18.2 Å². The summed E-state index contributed by atoms with van der Waals surface area (Å²) in [5.74, 6) is 0. The van der Waals surface area contributed by atoms with Crippen molar-refractivity contribution in [2.24, 2.45) is 0 Å². The van der Waals surface area contributed by atoms with Crippen molar-refractivity contribution in [3.63, 3.8) is 0 Å². The zero-order chi connectivity index (χ0) is 13.7. The Morgan fingerprint density at radius 3 is 2.28 bits per heavy atom. The van der Waals surface area contributed by atoms with Crippen LogP contribution in [0.25, 0.3) is 0 Å². The molecule has 1 aromatic rings. The van der Waals surface area contributed by atoms with Crippen LogP contribution in [0.1, 0.15) is 49.5 Å². The number of likely N-dealkylation sites (N-methyl/N-ethyl adjacent to an activating group) is 1. The predicted molar refractivity (Wildman–Crippen MR) is 77.9 cm³/mol. The molecule has 0 radical (unpaired) electrons. The van der Waals surface area contributed by atoms with Gasteiger partial charge < -0.3 is 10.0 Å². The van der Waals surface area contributed by atoms with Crippen molar-refractivity contribution < 1.29 is 5.11 Å². The number of hydrogen-bond acceptors (Lipinski definition) is 2. The van der Waals surface area contributed by atoms with Crippen LogP contribution >= 0.6 is 0 Å². The summed E-state index contributed by atoms with van der Waals surface area (Å²) >= 11 is 0. The normalized spacial score (nSPS) is 13.3. The second-order valence-corrected chi connectivity index (χ2v) is 5.29. The van der Waals surface area contributed by atoms with Crippen LogP contribution in [0.4, 0.5) is 0 Å². The summed E-state index contributed by atoms with van der Waals surface area (Å²) in [5.41, 5.74) is 3.48. The Balaban J connectivity index is 2.72. The van der Waals surface area contributed by atoms with E-state index < -0.39 is 6.10 Å². The molecule has 1 rings (SSSR count). The van der Waals surface area contributed by atoms with Crippen molar-refractivity contribution in [2.75, 3.05) is 13.6 Å². The third-order valence-electron chi connectivity index (χ3n) is 3.81. The number of aliphatic hydroxyl groups is 1. The molecule has 2 heteroatoms. The van der Waals surface area contributed by atoms with E-state index in [1.54, 1.807) is 0 Å². The van der Waals surface area contributed by atoms with Crippen LogP contribution < -0.4 is 0 Å². The van der Waals surface area contributed by atoms with Gasteiger partial charge in [0.1, 0.15) is 0 Å². The van der Waals surface area contributed by atoms with Gasteiger partial charge in [0, 0.05) is 12.6 Å². The molecule has 1 unspecified atom stereocenters. The molecule has 18 heavy (non-hydrogen) atoms. The highest BCUT2D eigenvalue weighted by Gasteiger charge is 2.17. The Labute approximate surface area is 112 Å². The van der Waals surface area contributed by atoms with Crippen molar-refractivity contribution >= 4 is 0 Å². The summed E-state index contributed by atoms with van der Waals surface area (Å²) in [6.07, 6.45) is 1.87. The van der Waals surface area contributed by atoms with Gasteiger partial charge in [-0.2, -0.15) is 0 Å². The van der Waals surface area contributed by atoms with Gasteiger partial charge in [-0.15, -0.1) is 0 Å². The molecule has 0 aromatic heterocycles. The molecule has 102 valence electrons. The fraction of sp³-hybridized carbons (Fsp3) is 0.625. The second-order valence-electron chi connectivity index (χ2n) is 5.29. The Kier molecular flexibility index (Phi) is 5.83. The molecular formula is C16H27NO. The van der Waals surface area contributed by atoms with Crippen molar-refractivity contribution in [1.29, 1.82) is 0 Å². The standard InChI is InChI=1S/C16H27NO/c1-6-14(7-2)17(5)11-16(18)15-9-8-12(3)10-13(15)4/h8-10,14,16,18H,6-7,11H2,1-5H3. The largest absolute Gasteiger partial charge is 0.387 e. The lowest BCUT2D eigenvalue weighted by Gasteiger charge is -2.28. The average molecular weight is 249 g/mol. The zero-order valence-electron chi connectivity index (χ0n) is 12.4. The van der Waals surface area contributed by atoms with Gasteiger partial charge >= 0.3 is 0 Å². The monoisotopic (exact) mass is 249 g/mol. The van der Waals surface area contributed by atoms with E-state index >= 15 is 0 Å². The van der Waals surface area contributed by atoms with Crippen LogP contribution in [-0.2, 0) is 0 Å². The minimum Gasteiger partial charge on any atom is -0.387 e. The molecule has 0 spiro atoms. The molecular weight excluding hydrogens is 222 g/mol. The van der Waals surface area contributed by atoms with Crippen molar-refractivity contribution in [3.05, 3.63) is 34.9 Å². The first-order valence-electron chi connectivity index (χ1n) is 6.95. The van der Waals surface area contributed by atoms with E-state index in [-0.39, 0.29) is 0 Å². The SMILES string of the molecule is CCC(CC)N(C)CC(O)c1ccc(C)cc1C. The zero-order valence-corrected chi connectivity index (χ0v) is 12.4. The molecule has 0 saturated heterocycles. The van der Waals surface area contributed by atoms with Crippen molar-refractivity contribution in [3.8, 4) is 0 Å². The number of aryl methyl sites for hydroxylation is 2. The maximum Gasteiger partial charge on any atom is 0.0919 e. The van der Waals surface area contributed by atoms with E-state index in [1.165, 1.54) is 11.1 Å². The number of benzene rings is 1. The lowest BCUT2D eigenvalue weighted by molar-refractivity contribution is 0.101. The highest BCUT2D eigenvalue weighted by Crippen LogP contribution is 2.21. The molecule has 2 nitrogen and oxygen atoms in total. The minimum atomic E-state index is -0.392. The topological polar surface area (TPSA) is 23.5 Å². The Bertz CT molecular complexity index is 371. The fourth-order valence-corrected chi connectivity index (χ4v) is 2.63. The summed E-state index contributed by atoms with van der Waals surface area (Å²) < 4.78 is 0. The highest BCUT2D eigenvalue weighted by molar-refractivity contribution is 5.32. The lowest BCUT2D eigenvalue weighted by Crippen LogP contribution is -2.34. The van der Waals surface area contributed by atoms with Gasteiger partial charge in [-0.3, -0.25) is 0 Å². The van der Waals surface area contributed by atoms with Gasteiger partial charge in [0.25, 0.3) is 0 Å². The molecule has 0 bridgehead atoms. The molecule has 0 aliphatic heterocycles. The third kappa shape index (κ3) is 3.82. The van der Waals surface area contributed by atoms with Crippen LogP contribution in [0, 0.1) is 13.8 Å². The van der Waals surface area contributed by atoms with Crippen LogP contribution in [0.5, 0.6) is 0 Å². The first-order chi connectivity index (χ1) is 8.49. The Hall–Kier alpha value is -0.860. The van der Waals surface area contributed by atoms with E-state index in [0.717, 1.165) is 18.4 Å². The molecule has 1 N–H and O–H groups in total. The quantitative estimate of drug-likeness (QED) is 0.834. The molecule has 1 aromatic carbocycles. The molecule has 0 aliphatic rings.